The second kappa shape index (κ2) is 3.35. The van der Waals surface area contributed by atoms with Crippen LogP contribution in [0.3, 0.4) is 0 Å². The minimum absolute atomic E-state index is 0.178. The van der Waals surface area contributed by atoms with Gasteiger partial charge in [0.25, 0.3) is 0 Å². The van der Waals surface area contributed by atoms with Crippen LogP contribution in [0.5, 0.6) is 0 Å². The fourth-order valence-electron chi connectivity index (χ4n) is 1.68. The molecule has 11 heavy (non-hydrogen) atoms. The molecule has 2 nitrogen and oxygen atoms in total. The van der Waals surface area contributed by atoms with Crippen LogP contribution in [-0.4, -0.2) is 24.3 Å². The first-order chi connectivity index (χ1) is 5.12. The van der Waals surface area contributed by atoms with Gasteiger partial charge in [-0.05, 0) is 40.2 Å². The number of nitrogens with one attached hydrogen (secondary N) is 1. The van der Waals surface area contributed by atoms with Gasteiger partial charge in [0, 0.05) is 12.3 Å². The molecule has 0 aromatic rings. The maximum absolute atomic E-state index is 4.62. The van der Waals surface area contributed by atoms with E-state index in [1.165, 1.54) is 18.6 Å². The molecule has 1 heterocycles. The van der Waals surface area contributed by atoms with Crippen molar-refractivity contribution in [3.8, 4) is 0 Å². The van der Waals surface area contributed by atoms with Crippen molar-refractivity contribution in [3.05, 3.63) is 0 Å². The number of piperidine rings is 1. The monoisotopic (exact) mass is 154 g/mol. The van der Waals surface area contributed by atoms with Crippen molar-refractivity contribution in [3.63, 3.8) is 0 Å². The molecule has 1 N–H and O–H groups in total. The summed E-state index contributed by atoms with van der Waals surface area (Å²) in [6.07, 6.45) is 2.48. The Morgan fingerprint density at radius 3 is 2.64 bits per heavy atom. The molecule has 1 aliphatic rings. The van der Waals surface area contributed by atoms with E-state index in [1.54, 1.807) is 0 Å². The molecule has 1 atom stereocenters. The van der Waals surface area contributed by atoms with Gasteiger partial charge in [0.15, 0.2) is 0 Å². The molecule has 0 radical (unpaired) electrons. The Labute approximate surface area is 69.1 Å². The first kappa shape index (κ1) is 8.72. The van der Waals surface area contributed by atoms with Gasteiger partial charge in [0.2, 0.25) is 0 Å². The summed E-state index contributed by atoms with van der Waals surface area (Å²) in [6.45, 7) is 8.57. The van der Waals surface area contributed by atoms with Crippen LogP contribution < -0.4 is 5.32 Å². The summed E-state index contributed by atoms with van der Waals surface area (Å²) in [5, 5.41) is 3.37. The zero-order chi connectivity index (χ0) is 8.32. The molecule has 0 aliphatic carbocycles. The number of aliphatic imine (C=N–C) groups is 1. The summed E-state index contributed by atoms with van der Waals surface area (Å²) >= 11 is 0. The lowest BCUT2D eigenvalue weighted by Gasteiger charge is -2.30. The summed E-state index contributed by atoms with van der Waals surface area (Å²) in [5.74, 6) is 0. The highest BCUT2D eigenvalue weighted by atomic mass is 15.0. The third-order valence-electron chi connectivity index (χ3n) is 2.07. The maximum Gasteiger partial charge on any atom is 0.0703 e. The fraction of sp³-hybridized carbons (Fsp3) is 0.889. The lowest BCUT2D eigenvalue weighted by Crippen LogP contribution is -2.42. The van der Waals surface area contributed by atoms with Crippen molar-refractivity contribution >= 4 is 5.71 Å². The predicted molar refractivity (Wildman–Crippen MR) is 49.3 cm³/mol. The summed E-state index contributed by atoms with van der Waals surface area (Å²) in [6, 6.07) is 0. The Morgan fingerprint density at radius 2 is 2.18 bits per heavy atom. The Balaban J connectivity index is 2.57. The molecular formula is C9H18N2. The third-order valence-corrected chi connectivity index (χ3v) is 2.07. The molecule has 0 spiro atoms. The molecule has 1 saturated heterocycles. The highest BCUT2D eigenvalue weighted by molar-refractivity contribution is 5.79. The number of hydrogen-bond acceptors (Lipinski definition) is 2. The van der Waals surface area contributed by atoms with Gasteiger partial charge in [-0.15, -0.1) is 0 Å². The number of rotatable bonds is 1. The van der Waals surface area contributed by atoms with Crippen LogP contribution in [0.4, 0.5) is 0 Å². The first-order valence-corrected chi connectivity index (χ1v) is 4.36. The molecule has 64 valence electrons. The van der Waals surface area contributed by atoms with Gasteiger partial charge < -0.3 is 5.32 Å². The third kappa shape index (κ3) is 2.62. The molecule has 1 rings (SSSR count). The first-order valence-electron chi connectivity index (χ1n) is 4.36. The number of hydrogen-bond donors (Lipinski definition) is 1. The van der Waals surface area contributed by atoms with Gasteiger partial charge in [0.05, 0.1) is 5.54 Å². The van der Waals surface area contributed by atoms with Gasteiger partial charge in [-0.3, -0.25) is 4.99 Å². The smallest absolute Gasteiger partial charge is 0.0703 e. The van der Waals surface area contributed by atoms with E-state index in [4.69, 9.17) is 0 Å². The zero-order valence-electron chi connectivity index (χ0n) is 7.78. The van der Waals surface area contributed by atoms with E-state index >= 15 is 0 Å². The normalized spacial score (nSPS) is 31.5. The highest BCUT2D eigenvalue weighted by Crippen LogP contribution is 2.19. The minimum Gasteiger partial charge on any atom is -0.314 e. The van der Waals surface area contributed by atoms with Gasteiger partial charge in [-0.1, -0.05) is 0 Å². The summed E-state index contributed by atoms with van der Waals surface area (Å²) in [4.78, 5) is 4.62. The average molecular weight is 154 g/mol. The molecule has 0 aromatic heterocycles. The van der Waals surface area contributed by atoms with E-state index in [9.17, 15) is 0 Å². The average Bonchev–Trinajstić information content (AvgIpc) is 1.85. The van der Waals surface area contributed by atoms with Crippen molar-refractivity contribution in [1.82, 2.24) is 5.32 Å². The Hall–Kier alpha value is -0.370. The van der Waals surface area contributed by atoms with Crippen molar-refractivity contribution in [1.29, 1.82) is 0 Å². The number of nitrogens with zero attached hydrogens (tertiary/aromatic N) is 1. The molecule has 2 heteroatoms. The second-order valence-electron chi connectivity index (χ2n) is 3.84. The predicted octanol–water partition coefficient (Wildman–Crippen LogP) is 1.61. The van der Waals surface area contributed by atoms with E-state index in [-0.39, 0.29) is 5.54 Å². The van der Waals surface area contributed by atoms with Crippen LogP contribution in [-0.2, 0) is 0 Å². The lowest BCUT2D eigenvalue weighted by atomic mass is 9.93. The summed E-state index contributed by atoms with van der Waals surface area (Å²) in [7, 11) is 0. The molecule has 0 aromatic carbocycles. The molecule has 0 amide bonds. The van der Waals surface area contributed by atoms with Crippen molar-refractivity contribution in [2.24, 2.45) is 4.99 Å². The molecule has 0 saturated carbocycles. The Bertz CT molecular complexity index is 151. The Morgan fingerprint density at radius 1 is 1.45 bits per heavy atom. The molecular weight excluding hydrogens is 136 g/mol. The maximum atomic E-state index is 4.62. The minimum atomic E-state index is 0.178. The SMILES string of the molecule is CC(C)=N[C@]1(C)CCCNC1. The highest BCUT2D eigenvalue weighted by Gasteiger charge is 2.24. The zero-order valence-corrected chi connectivity index (χ0v) is 7.78. The quantitative estimate of drug-likeness (QED) is 0.570. The topological polar surface area (TPSA) is 24.4 Å². The summed E-state index contributed by atoms with van der Waals surface area (Å²) < 4.78 is 0. The standard InChI is InChI=1S/C9H18N2/c1-8(2)11-9(3)5-4-6-10-7-9/h10H,4-7H2,1-3H3/t9-/m1/s1. The van der Waals surface area contributed by atoms with Crippen LogP contribution in [0.2, 0.25) is 0 Å². The second-order valence-corrected chi connectivity index (χ2v) is 3.84. The van der Waals surface area contributed by atoms with Crippen LogP contribution in [0, 0.1) is 0 Å². The summed E-state index contributed by atoms with van der Waals surface area (Å²) in [5.41, 5.74) is 1.37. The Kier molecular flexibility index (Phi) is 2.66. The van der Waals surface area contributed by atoms with Crippen molar-refractivity contribution in [2.75, 3.05) is 13.1 Å². The van der Waals surface area contributed by atoms with E-state index in [0.29, 0.717) is 0 Å². The van der Waals surface area contributed by atoms with E-state index in [1.807, 2.05) is 0 Å². The van der Waals surface area contributed by atoms with Crippen LogP contribution in [0.25, 0.3) is 0 Å². The van der Waals surface area contributed by atoms with Crippen LogP contribution in [0.1, 0.15) is 33.6 Å². The van der Waals surface area contributed by atoms with Gasteiger partial charge >= 0.3 is 0 Å². The van der Waals surface area contributed by atoms with Crippen LogP contribution >= 0.6 is 0 Å². The van der Waals surface area contributed by atoms with Crippen LogP contribution in [0.15, 0.2) is 4.99 Å². The van der Waals surface area contributed by atoms with Crippen molar-refractivity contribution < 1.29 is 0 Å². The molecule has 0 unspecified atom stereocenters. The van der Waals surface area contributed by atoms with Crippen molar-refractivity contribution in [2.45, 2.75) is 39.2 Å². The van der Waals surface area contributed by atoms with E-state index in [2.05, 4.69) is 31.1 Å². The molecule has 0 bridgehead atoms. The largest absolute Gasteiger partial charge is 0.314 e. The fourth-order valence-corrected chi connectivity index (χ4v) is 1.68. The van der Waals surface area contributed by atoms with Gasteiger partial charge in [0.1, 0.15) is 0 Å². The lowest BCUT2D eigenvalue weighted by molar-refractivity contribution is 0.344. The van der Waals surface area contributed by atoms with E-state index < -0.39 is 0 Å². The molecule has 1 aliphatic heterocycles. The van der Waals surface area contributed by atoms with Gasteiger partial charge in [-0.25, -0.2) is 0 Å². The van der Waals surface area contributed by atoms with E-state index in [0.717, 1.165) is 13.1 Å². The van der Waals surface area contributed by atoms with Gasteiger partial charge in [-0.2, -0.15) is 0 Å². The molecule has 1 fully saturated rings.